The van der Waals surface area contributed by atoms with E-state index in [4.69, 9.17) is 9.26 Å². The van der Waals surface area contributed by atoms with Crippen LogP contribution in [-0.2, 0) is 12.8 Å². The number of aromatic nitrogens is 2. The molecular formula is C15H17N3O2. The van der Waals surface area contributed by atoms with Gasteiger partial charge in [-0.3, -0.25) is 0 Å². The molecule has 1 atom stereocenters. The van der Waals surface area contributed by atoms with Crippen molar-refractivity contribution in [3.8, 4) is 5.75 Å². The van der Waals surface area contributed by atoms with Crippen LogP contribution in [0, 0.1) is 5.92 Å². The maximum absolute atomic E-state index is 5.78. The van der Waals surface area contributed by atoms with Crippen molar-refractivity contribution < 1.29 is 9.26 Å². The Morgan fingerprint density at radius 1 is 1.25 bits per heavy atom. The number of ether oxygens (including phenoxy) is 1. The van der Waals surface area contributed by atoms with Gasteiger partial charge in [-0.1, -0.05) is 23.4 Å². The highest BCUT2D eigenvalue weighted by Crippen LogP contribution is 2.31. The van der Waals surface area contributed by atoms with Crippen molar-refractivity contribution in [3.63, 3.8) is 0 Å². The molecule has 20 heavy (non-hydrogen) atoms. The summed E-state index contributed by atoms with van der Waals surface area (Å²) in [6.07, 6.45) is 1.80. The third-order valence-electron chi connectivity index (χ3n) is 4.06. The standard InChI is InChI=1S/C15H17N3O2/c1-2-4-13-11(3-1)6-12(9-19-13)15-17-14(20-18-15)5-10-7-16-8-10/h1-4,10,12,16H,5-9H2. The van der Waals surface area contributed by atoms with E-state index in [0.29, 0.717) is 12.5 Å². The van der Waals surface area contributed by atoms with E-state index in [1.165, 1.54) is 5.56 Å². The number of para-hydroxylation sites is 1. The van der Waals surface area contributed by atoms with Gasteiger partial charge in [-0.05, 0) is 37.1 Å². The Labute approximate surface area is 117 Å². The Morgan fingerprint density at radius 2 is 2.15 bits per heavy atom. The van der Waals surface area contributed by atoms with Crippen LogP contribution in [0.4, 0.5) is 0 Å². The zero-order valence-electron chi connectivity index (χ0n) is 11.2. The lowest BCUT2D eigenvalue weighted by Gasteiger charge is -2.25. The van der Waals surface area contributed by atoms with E-state index in [0.717, 1.165) is 43.4 Å². The van der Waals surface area contributed by atoms with E-state index in [1.54, 1.807) is 0 Å². The molecule has 1 fully saturated rings. The molecule has 104 valence electrons. The highest BCUT2D eigenvalue weighted by atomic mass is 16.5. The molecule has 1 saturated heterocycles. The number of nitrogens with zero attached hydrogens (tertiary/aromatic N) is 2. The van der Waals surface area contributed by atoms with Gasteiger partial charge in [-0.15, -0.1) is 0 Å². The third kappa shape index (κ3) is 2.18. The first-order valence-corrected chi connectivity index (χ1v) is 7.12. The molecule has 0 bridgehead atoms. The van der Waals surface area contributed by atoms with Gasteiger partial charge in [-0.25, -0.2) is 0 Å². The number of nitrogens with one attached hydrogen (secondary N) is 1. The molecule has 1 unspecified atom stereocenters. The van der Waals surface area contributed by atoms with Gasteiger partial charge in [0.1, 0.15) is 5.75 Å². The molecule has 2 aliphatic heterocycles. The normalized spacial score (nSPS) is 21.9. The lowest BCUT2D eigenvalue weighted by molar-refractivity contribution is 0.252. The fourth-order valence-electron chi connectivity index (χ4n) is 2.75. The molecule has 3 heterocycles. The van der Waals surface area contributed by atoms with Crippen LogP contribution in [0.5, 0.6) is 5.75 Å². The Hall–Kier alpha value is -1.88. The molecule has 1 aromatic carbocycles. The molecule has 5 nitrogen and oxygen atoms in total. The minimum atomic E-state index is 0.196. The van der Waals surface area contributed by atoms with Crippen molar-refractivity contribution >= 4 is 0 Å². The summed E-state index contributed by atoms with van der Waals surface area (Å²) in [5.41, 5.74) is 1.22. The van der Waals surface area contributed by atoms with Crippen molar-refractivity contribution in [1.82, 2.24) is 15.5 Å². The number of hydrogen-bond donors (Lipinski definition) is 1. The van der Waals surface area contributed by atoms with Crippen LogP contribution < -0.4 is 10.1 Å². The maximum Gasteiger partial charge on any atom is 0.227 e. The van der Waals surface area contributed by atoms with Crippen LogP contribution in [0.1, 0.15) is 23.2 Å². The first-order valence-electron chi connectivity index (χ1n) is 7.12. The molecule has 0 amide bonds. The second-order valence-electron chi connectivity index (χ2n) is 5.59. The van der Waals surface area contributed by atoms with Crippen LogP contribution in [0.15, 0.2) is 28.8 Å². The average molecular weight is 271 g/mol. The molecule has 2 aromatic rings. The topological polar surface area (TPSA) is 60.2 Å². The van der Waals surface area contributed by atoms with Gasteiger partial charge in [0.15, 0.2) is 5.82 Å². The van der Waals surface area contributed by atoms with E-state index in [9.17, 15) is 0 Å². The number of hydrogen-bond acceptors (Lipinski definition) is 5. The third-order valence-corrected chi connectivity index (χ3v) is 4.06. The van der Waals surface area contributed by atoms with Gasteiger partial charge in [0, 0.05) is 6.42 Å². The van der Waals surface area contributed by atoms with Crippen molar-refractivity contribution in [2.45, 2.75) is 18.8 Å². The molecule has 1 aromatic heterocycles. The van der Waals surface area contributed by atoms with E-state index >= 15 is 0 Å². The van der Waals surface area contributed by atoms with E-state index < -0.39 is 0 Å². The van der Waals surface area contributed by atoms with Crippen LogP contribution in [-0.4, -0.2) is 29.8 Å². The van der Waals surface area contributed by atoms with Crippen LogP contribution >= 0.6 is 0 Å². The first-order chi connectivity index (χ1) is 9.88. The maximum atomic E-state index is 5.78. The molecule has 0 radical (unpaired) electrons. The monoisotopic (exact) mass is 271 g/mol. The minimum Gasteiger partial charge on any atom is -0.493 e. The van der Waals surface area contributed by atoms with E-state index in [1.807, 2.05) is 18.2 Å². The zero-order valence-corrected chi connectivity index (χ0v) is 11.2. The number of fused-ring (bicyclic) bond motifs is 1. The summed E-state index contributed by atoms with van der Waals surface area (Å²) in [7, 11) is 0. The molecule has 0 aliphatic carbocycles. The predicted molar refractivity (Wildman–Crippen MR) is 72.7 cm³/mol. The fourth-order valence-corrected chi connectivity index (χ4v) is 2.75. The van der Waals surface area contributed by atoms with Gasteiger partial charge < -0.3 is 14.6 Å². The number of rotatable bonds is 3. The van der Waals surface area contributed by atoms with Crippen molar-refractivity contribution in [2.24, 2.45) is 5.92 Å². The van der Waals surface area contributed by atoms with Crippen molar-refractivity contribution in [2.75, 3.05) is 19.7 Å². The van der Waals surface area contributed by atoms with Gasteiger partial charge in [0.25, 0.3) is 0 Å². The van der Waals surface area contributed by atoms with Gasteiger partial charge in [-0.2, -0.15) is 4.98 Å². The van der Waals surface area contributed by atoms with Crippen molar-refractivity contribution in [1.29, 1.82) is 0 Å². The Kier molecular flexibility index (Phi) is 2.92. The minimum absolute atomic E-state index is 0.196. The summed E-state index contributed by atoms with van der Waals surface area (Å²) in [6.45, 7) is 2.73. The molecule has 5 heteroatoms. The average Bonchev–Trinajstić information content (AvgIpc) is 2.91. The molecule has 1 N–H and O–H groups in total. The SMILES string of the molecule is c1ccc2c(c1)CC(c1noc(CC3CNC3)n1)CO2. The van der Waals surface area contributed by atoms with Crippen LogP contribution in [0.25, 0.3) is 0 Å². The summed E-state index contributed by atoms with van der Waals surface area (Å²) < 4.78 is 11.1. The summed E-state index contributed by atoms with van der Waals surface area (Å²) in [6, 6.07) is 8.15. The molecule has 4 rings (SSSR count). The Balaban J connectivity index is 1.48. The first kappa shape index (κ1) is 11.9. The summed E-state index contributed by atoms with van der Waals surface area (Å²) in [5, 5.41) is 7.39. The zero-order chi connectivity index (χ0) is 13.4. The second-order valence-corrected chi connectivity index (χ2v) is 5.59. The summed E-state index contributed by atoms with van der Waals surface area (Å²) in [5.74, 6) is 3.36. The predicted octanol–water partition coefficient (Wildman–Crippen LogP) is 1.55. The second kappa shape index (κ2) is 4.90. The molecule has 0 spiro atoms. The van der Waals surface area contributed by atoms with Crippen molar-refractivity contribution in [3.05, 3.63) is 41.5 Å². The van der Waals surface area contributed by atoms with E-state index in [2.05, 4.69) is 21.5 Å². The quantitative estimate of drug-likeness (QED) is 0.917. The van der Waals surface area contributed by atoms with Gasteiger partial charge >= 0.3 is 0 Å². The largest absolute Gasteiger partial charge is 0.493 e. The highest BCUT2D eigenvalue weighted by molar-refractivity contribution is 5.36. The van der Waals surface area contributed by atoms with E-state index in [-0.39, 0.29) is 5.92 Å². The highest BCUT2D eigenvalue weighted by Gasteiger charge is 2.26. The lowest BCUT2D eigenvalue weighted by atomic mass is 9.96. The molecule has 0 saturated carbocycles. The van der Waals surface area contributed by atoms with Crippen LogP contribution in [0.3, 0.4) is 0 Å². The fraction of sp³-hybridized carbons (Fsp3) is 0.467. The number of benzene rings is 1. The van der Waals surface area contributed by atoms with Gasteiger partial charge in [0.05, 0.1) is 12.5 Å². The molecular weight excluding hydrogens is 254 g/mol. The summed E-state index contributed by atoms with van der Waals surface area (Å²) >= 11 is 0. The van der Waals surface area contributed by atoms with Crippen LogP contribution in [0.2, 0.25) is 0 Å². The lowest BCUT2D eigenvalue weighted by Crippen LogP contribution is -2.43. The molecule has 2 aliphatic rings. The Bertz CT molecular complexity index is 607. The van der Waals surface area contributed by atoms with Gasteiger partial charge in [0.2, 0.25) is 5.89 Å². The smallest absolute Gasteiger partial charge is 0.227 e. The Morgan fingerprint density at radius 3 is 3.00 bits per heavy atom. The summed E-state index contributed by atoms with van der Waals surface area (Å²) in [4.78, 5) is 4.54.